The highest BCUT2D eigenvalue weighted by molar-refractivity contribution is 6.31. The molecule has 0 spiro atoms. The summed E-state index contributed by atoms with van der Waals surface area (Å²) < 4.78 is 0. The van der Waals surface area contributed by atoms with Gasteiger partial charge in [0.25, 0.3) is 0 Å². The fourth-order valence-electron chi connectivity index (χ4n) is 4.42. The van der Waals surface area contributed by atoms with Crippen molar-refractivity contribution in [2.75, 3.05) is 13.1 Å². The van der Waals surface area contributed by atoms with Crippen molar-refractivity contribution in [3.05, 3.63) is 34.5 Å². The van der Waals surface area contributed by atoms with Crippen LogP contribution in [0, 0.1) is 5.92 Å². The average molecular weight is 319 g/mol. The van der Waals surface area contributed by atoms with Crippen LogP contribution in [0.4, 0.5) is 0 Å². The van der Waals surface area contributed by atoms with E-state index in [0.717, 1.165) is 54.0 Å². The molecule has 1 aromatic carbocycles. The number of nitrogens with zero attached hydrogens (tertiary/aromatic N) is 1. The molecule has 2 aliphatic heterocycles. The Morgan fingerprint density at radius 2 is 2.27 bits per heavy atom. The minimum absolute atomic E-state index is 0.371. The Balaban J connectivity index is 1.96. The lowest BCUT2D eigenvalue weighted by Crippen LogP contribution is -2.58. The van der Waals surface area contributed by atoms with Gasteiger partial charge >= 0.3 is 5.97 Å². The highest BCUT2D eigenvalue weighted by atomic mass is 35.5. The van der Waals surface area contributed by atoms with Gasteiger partial charge in [-0.1, -0.05) is 11.6 Å². The number of piperidine rings is 1. The van der Waals surface area contributed by atoms with Gasteiger partial charge in [0, 0.05) is 28.2 Å². The molecule has 22 heavy (non-hydrogen) atoms. The minimum atomic E-state index is -0.697. The lowest BCUT2D eigenvalue weighted by atomic mass is 9.72. The zero-order valence-corrected chi connectivity index (χ0v) is 13.3. The zero-order valence-electron chi connectivity index (χ0n) is 12.5. The SMILES string of the molecule is CC12c3[nH]c4ccc(Cl)cc4c3CCN1CCCC2C(=O)O. The highest BCUT2D eigenvalue weighted by Crippen LogP contribution is 2.47. The Bertz CT molecular complexity index is 769. The number of carboxylic acids is 1. The van der Waals surface area contributed by atoms with Crippen molar-refractivity contribution in [1.29, 1.82) is 0 Å². The van der Waals surface area contributed by atoms with Crippen LogP contribution < -0.4 is 0 Å². The maximum absolute atomic E-state index is 11.8. The van der Waals surface area contributed by atoms with E-state index in [4.69, 9.17) is 11.6 Å². The zero-order chi connectivity index (χ0) is 15.5. The van der Waals surface area contributed by atoms with E-state index in [-0.39, 0.29) is 5.92 Å². The van der Waals surface area contributed by atoms with Crippen LogP contribution in [-0.2, 0) is 16.8 Å². The molecule has 2 N–H and O–H groups in total. The molecule has 1 fully saturated rings. The number of rotatable bonds is 1. The highest BCUT2D eigenvalue weighted by Gasteiger charge is 2.51. The molecule has 0 radical (unpaired) electrons. The molecule has 0 aliphatic carbocycles. The number of hydrogen-bond acceptors (Lipinski definition) is 2. The molecule has 1 aromatic heterocycles. The number of H-pyrrole nitrogens is 1. The molecule has 2 unspecified atom stereocenters. The molecule has 2 aromatic rings. The number of carboxylic acid groups (broad SMARTS) is 1. The van der Waals surface area contributed by atoms with Crippen LogP contribution in [0.2, 0.25) is 5.02 Å². The summed E-state index contributed by atoms with van der Waals surface area (Å²) in [5.41, 5.74) is 2.91. The summed E-state index contributed by atoms with van der Waals surface area (Å²) >= 11 is 6.15. The first kappa shape index (κ1) is 14.1. The maximum Gasteiger partial charge on any atom is 0.308 e. The number of carbonyl (C=O) groups is 1. The Kier molecular flexibility index (Phi) is 3.03. The molecule has 4 nitrogen and oxygen atoms in total. The van der Waals surface area contributed by atoms with E-state index in [9.17, 15) is 9.90 Å². The monoisotopic (exact) mass is 318 g/mol. The molecule has 1 saturated heterocycles. The average Bonchev–Trinajstić information content (AvgIpc) is 2.85. The van der Waals surface area contributed by atoms with Crippen molar-refractivity contribution in [2.45, 2.75) is 31.7 Å². The van der Waals surface area contributed by atoms with Crippen LogP contribution in [0.1, 0.15) is 31.0 Å². The number of aromatic amines is 1. The number of halogens is 1. The van der Waals surface area contributed by atoms with Gasteiger partial charge < -0.3 is 10.1 Å². The van der Waals surface area contributed by atoms with Gasteiger partial charge in [-0.15, -0.1) is 0 Å². The molecule has 2 aliphatic rings. The van der Waals surface area contributed by atoms with Crippen molar-refractivity contribution >= 4 is 28.5 Å². The minimum Gasteiger partial charge on any atom is -0.481 e. The summed E-state index contributed by atoms with van der Waals surface area (Å²) in [7, 11) is 0. The smallest absolute Gasteiger partial charge is 0.308 e. The Labute approximate surface area is 134 Å². The van der Waals surface area contributed by atoms with Crippen LogP contribution in [0.3, 0.4) is 0 Å². The van der Waals surface area contributed by atoms with Crippen LogP contribution in [0.5, 0.6) is 0 Å². The molecule has 0 bridgehead atoms. The second kappa shape index (κ2) is 4.74. The first-order valence-corrected chi connectivity index (χ1v) is 8.18. The topological polar surface area (TPSA) is 56.3 Å². The van der Waals surface area contributed by atoms with Crippen LogP contribution in [0.15, 0.2) is 18.2 Å². The van der Waals surface area contributed by atoms with Gasteiger partial charge in [-0.05, 0) is 56.5 Å². The van der Waals surface area contributed by atoms with Gasteiger partial charge in [0.05, 0.1) is 11.5 Å². The maximum atomic E-state index is 11.8. The van der Waals surface area contributed by atoms with Crippen molar-refractivity contribution < 1.29 is 9.90 Å². The van der Waals surface area contributed by atoms with E-state index >= 15 is 0 Å². The number of hydrogen-bond donors (Lipinski definition) is 2. The second-order valence-electron chi connectivity index (χ2n) is 6.59. The van der Waals surface area contributed by atoms with E-state index in [0.29, 0.717) is 0 Å². The first-order valence-electron chi connectivity index (χ1n) is 7.80. The summed E-state index contributed by atoms with van der Waals surface area (Å²) in [5, 5.41) is 11.6. The summed E-state index contributed by atoms with van der Waals surface area (Å²) in [6, 6.07) is 5.85. The fraction of sp³-hybridized carbons (Fsp3) is 0.471. The number of fused-ring (bicyclic) bond motifs is 5. The lowest BCUT2D eigenvalue weighted by molar-refractivity contribution is -0.152. The normalized spacial score (nSPS) is 28.4. The molecule has 0 saturated carbocycles. The summed E-state index contributed by atoms with van der Waals surface area (Å²) in [4.78, 5) is 17.7. The standard InChI is InChI=1S/C17H19ClN2O2/c1-17-13(16(21)22)3-2-7-20(17)8-6-11-12-9-10(18)4-5-14(12)19-15(11)17/h4-5,9,13,19H,2-3,6-8H2,1H3,(H,21,22). The number of aliphatic carboxylic acids is 1. The van der Waals surface area contributed by atoms with Crippen molar-refractivity contribution in [3.63, 3.8) is 0 Å². The first-order chi connectivity index (χ1) is 10.5. The van der Waals surface area contributed by atoms with E-state index in [1.165, 1.54) is 5.56 Å². The Hall–Kier alpha value is -1.52. The second-order valence-corrected chi connectivity index (χ2v) is 7.02. The third kappa shape index (κ3) is 1.77. The number of nitrogens with one attached hydrogen (secondary N) is 1. The van der Waals surface area contributed by atoms with Crippen molar-refractivity contribution in [1.82, 2.24) is 9.88 Å². The van der Waals surface area contributed by atoms with E-state index < -0.39 is 11.5 Å². The van der Waals surface area contributed by atoms with E-state index in [1.54, 1.807) is 0 Å². The van der Waals surface area contributed by atoms with Crippen molar-refractivity contribution in [2.24, 2.45) is 5.92 Å². The number of aromatic nitrogens is 1. The van der Waals surface area contributed by atoms with Crippen molar-refractivity contribution in [3.8, 4) is 0 Å². The molecular weight excluding hydrogens is 300 g/mol. The van der Waals surface area contributed by atoms with Gasteiger partial charge in [-0.3, -0.25) is 9.69 Å². The molecule has 0 amide bonds. The van der Waals surface area contributed by atoms with Gasteiger partial charge in [0.15, 0.2) is 0 Å². The van der Waals surface area contributed by atoms with E-state index in [2.05, 4.69) is 16.8 Å². The third-order valence-corrected chi connectivity index (χ3v) is 5.80. The lowest BCUT2D eigenvalue weighted by Gasteiger charge is -2.51. The molecule has 5 heteroatoms. The van der Waals surface area contributed by atoms with Crippen LogP contribution in [-0.4, -0.2) is 34.0 Å². The van der Waals surface area contributed by atoms with Crippen LogP contribution >= 0.6 is 11.6 Å². The Morgan fingerprint density at radius 1 is 1.45 bits per heavy atom. The molecule has 4 rings (SSSR count). The molecule has 116 valence electrons. The molecular formula is C17H19ClN2O2. The van der Waals surface area contributed by atoms with Gasteiger partial charge in [-0.25, -0.2) is 0 Å². The van der Waals surface area contributed by atoms with Gasteiger partial charge in [-0.2, -0.15) is 0 Å². The Morgan fingerprint density at radius 3 is 3.05 bits per heavy atom. The van der Waals surface area contributed by atoms with Crippen LogP contribution in [0.25, 0.3) is 10.9 Å². The predicted molar refractivity (Wildman–Crippen MR) is 86.3 cm³/mol. The number of benzene rings is 1. The van der Waals surface area contributed by atoms with E-state index in [1.807, 2.05) is 18.2 Å². The summed E-state index contributed by atoms with van der Waals surface area (Å²) in [6.07, 6.45) is 2.63. The fourth-order valence-corrected chi connectivity index (χ4v) is 4.59. The molecule has 2 atom stereocenters. The predicted octanol–water partition coefficient (Wildman–Crippen LogP) is 3.39. The van der Waals surface area contributed by atoms with Gasteiger partial charge in [0.1, 0.15) is 0 Å². The molecule has 3 heterocycles. The summed E-state index contributed by atoms with van der Waals surface area (Å²) in [5.74, 6) is -1.07. The quantitative estimate of drug-likeness (QED) is 0.847. The largest absolute Gasteiger partial charge is 0.481 e. The van der Waals surface area contributed by atoms with Gasteiger partial charge in [0.2, 0.25) is 0 Å². The summed E-state index contributed by atoms with van der Waals surface area (Å²) in [6.45, 7) is 3.96. The third-order valence-electron chi connectivity index (χ3n) is 5.56.